The van der Waals surface area contributed by atoms with Crippen molar-refractivity contribution in [3.63, 3.8) is 0 Å². The summed E-state index contributed by atoms with van der Waals surface area (Å²) in [4.78, 5) is 8.82. The van der Waals surface area contributed by atoms with Gasteiger partial charge in [0, 0.05) is 11.1 Å². The number of ether oxygens (including phenoxy) is 2. The molecule has 0 unspecified atom stereocenters. The van der Waals surface area contributed by atoms with E-state index < -0.39 is 0 Å². The zero-order valence-corrected chi connectivity index (χ0v) is 38.4. The lowest BCUT2D eigenvalue weighted by molar-refractivity contribution is 0.303. The highest BCUT2D eigenvalue weighted by atomic mass is 16.5. The zero-order valence-electron chi connectivity index (χ0n) is 38.4. The van der Waals surface area contributed by atoms with Crippen molar-refractivity contribution in [1.29, 1.82) is 0 Å². The fourth-order valence-corrected chi connectivity index (χ4v) is 8.84. The maximum atomic E-state index is 5.72. The van der Waals surface area contributed by atoms with Gasteiger partial charge in [-0.05, 0) is 159 Å². The molecule has 2 fully saturated rings. The maximum Gasteiger partial charge on any atom is 0.137 e. The second kappa shape index (κ2) is 28.1. The van der Waals surface area contributed by atoms with E-state index in [0.717, 1.165) is 90.2 Å². The van der Waals surface area contributed by atoms with Gasteiger partial charge in [0.2, 0.25) is 0 Å². The number of hydrogen-bond donors (Lipinski definition) is 0. The van der Waals surface area contributed by atoms with Crippen LogP contribution in [0.3, 0.4) is 0 Å². The molecule has 2 aliphatic rings. The summed E-state index contributed by atoms with van der Waals surface area (Å²) in [6.07, 6.45) is 31.4. The van der Waals surface area contributed by atoms with Gasteiger partial charge in [-0.25, -0.2) is 9.97 Å². The molecule has 0 amide bonds. The van der Waals surface area contributed by atoms with Crippen molar-refractivity contribution < 1.29 is 9.47 Å². The first-order valence-corrected chi connectivity index (χ1v) is 24.5. The molecule has 0 radical (unpaired) electrons. The first-order chi connectivity index (χ1) is 30.1. The molecular formula is C57H76N2O2. The van der Waals surface area contributed by atoms with Crippen LogP contribution >= 0.6 is 0 Å². The highest BCUT2D eigenvalue weighted by molar-refractivity contribution is 5.43. The molecule has 0 atom stereocenters. The van der Waals surface area contributed by atoms with Gasteiger partial charge >= 0.3 is 0 Å². The summed E-state index contributed by atoms with van der Waals surface area (Å²) in [7, 11) is 0. The largest absolute Gasteiger partial charge is 0.492 e. The predicted molar refractivity (Wildman–Crippen MR) is 256 cm³/mol. The van der Waals surface area contributed by atoms with Gasteiger partial charge in [-0.2, -0.15) is 0 Å². The Labute approximate surface area is 371 Å². The smallest absolute Gasteiger partial charge is 0.137 e. The van der Waals surface area contributed by atoms with Crippen molar-refractivity contribution >= 4 is 0 Å². The molecule has 4 heteroatoms. The third kappa shape index (κ3) is 17.8. The minimum Gasteiger partial charge on any atom is -0.492 e. The summed E-state index contributed by atoms with van der Waals surface area (Å²) in [5.41, 5.74) is 6.64. The number of benzene rings is 2. The van der Waals surface area contributed by atoms with Gasteiger partial charge in [0.15, 0.2) is 0 Å². The molecular weight excluding hydrogens is 745 g/mol. The number of hydrogen-bond acceptors (Lipinski definition) is 4. The van der Waals surface area contributed by atoms with E-state index in [1.807, 2.05) is 24.3 Å². The van der Waals surface area contributed by atoms with E-state index in [9.17, 15) is 0 Å². The quantitative estimate of drug-likeness (QED) is 0.0698. The van der Waals surface area contributed by atoms with Crippen LogP contribution in [0.15, 0.2) is 85.2 Å². The van der Waals surface area contributed by atoms with Crippen LogP contribution in [-0.4, -0.2) is 23.2 Å². The zero-order chi connectivity index (χ0) is 42.7. The monoisotopic (exact) mass is 821 g/mol. The molecule has 6 rings (SSSR count). The van der Waals surface area contributed by atoms with Crippen molar-refractivity contribution in [2.24, 2.45) is 11.8 Å². The number of aromatic nitrogens is 2. The topological polar surface area (TPSA) is 44.2 Å². The van der Waals surface area contributed by atoms with E-state index in [0.29, 0.717) is 0 Å². The van der Waals surface area contributed by atoms with Crippen molar-refractivity contribution in [1.82, 2.24) is 9.97 Å². The maximum absolute atomic E-state index is 5.72. The lowest BCUT2D eigenvalue weighted by Crippen LogP contribution is -2.13. The Morgan fingerprint density at radius 1 is 0.426 bits per heavy atom. The van der Waals surface area contributed by atoms with Crippen LogP contribution in [0.2, 0.25) is 0 Å². The lowest BCUT2D eigenvalue weighted by Gasteiger charge is -2.29. The second-order valence-corrected chi connectivity index (χ2v) is 17.7. The normalized spacial score (nSPS) is 18.4. The van der Waals surface area contributed by atoms with Crippen molar-refractivity contribution in [2.75, 3.05) is 13.2 Å². The minimum absolute atomic E-state index is 0.732. The van der Waals surface area contributed by atoms with Gasteiger partial charge < -0.3 is 9.47 Å². The predicted octanol–water partition coefficient (Wildman–Crippen LogP) is 15.4. The first-order valence-electron chi connectivity index (χ1n) is 24.5. The molecule has 0 bridgehead atoms. The molecule has 2 aromatic heterocycles. The van der Waals surface area contributed by atoms with E-state index in [4.69, 9.17) is 9.47 Å². The lowest BCUT2D eigenvalue weighted by atomic mass is 9.77. The Balaban J connectivity index is 0.000000231. The average molecular weight is 821 g/mol. The third-order valence-electron chi connectivity index (χ3n) is 12.8. The number of unbranched alkanes of at least 4 members (excludes halogenated alkanes) is 7. The van der Waals surface area contributed by atoms with Crippen molar-refractivity contribution in [3.8, 4) is 35.2 Å². The van der Waals surface area contributed by atoms with Crippen LogP contribution < -0.4 is 9.47 Å². The molecule has 2 aromatic carbocycles. The molecule has 0 N–H and O–H groups in total. The average Bonchev–Trinajstić information content (AvgIpc) is 3.31. The summed E-state index contributed by atoms with van der Waals surface area (Å²) in [5.74, 6) is 17.9. The highest BCUT2D eigenvalue weighted by Gasteiger charge is 2.23. The van der Waals surface area contributed by atoms with Crippen LogP contribution in [0.4, 0.5) is 0 Å². The van der Waals surface area contributed by atoms with Gasteiger partial charge in [-0.15, -0.1) is 0 Å². The van der Waals surface area contributed by atoms with E-state index in [1.54, 1.807) is 12.4 Å². The molecule has 2 heterocycles. The Morgan fingerprint density at radius 3 is 1.20 bits per heavy atom. The standard InChI is InChI=1S/C29H39NO.C28H37NO/c1-3-5-7-9-24-10-15-26(16-11-24)27-17-12-25(13-18-27)14-19-28-20-21-29(23-30-28)31-22-8-6-4-2;1-3-5-7-8-23-9-14-25(15-10-23)26-16-11-24(12-17-26)13-18-27-19-20-28(22-29-27)30-21-6-4-2/h12-13,17-18,20-21,23-24,26H,3-11,15-16,22H2,1-2H3;11-12,16-17,19-20,22-23,25H,3-10,14-15,21H2,1-2H3. The summed E-state index contributed by atoms with van der Waals surface area (Å²) in [5, 5.41) is 0. The molecule has 0 saturated heterocycles. The van der Waals surface area contributed by atoms with Gasteiger partial charge in [0.05, 0.1) is 25.6 Å². The van der Waals surface area contributed by atoms with Crippen molar-refractivity contribution in [2.45, 2.75) is 174 Å². The Kier molecular flexibility index (Phi) is 21.9. The molecule has 0 spiro atoms. The van der Waals surface area contributed by atoms with Crippen LogP contribution in [0.25, 0.3) is 0 Å². The molecule has 0 aliphatic heterocycles. The number of nitrogens with zero attached hydrogens (tertiary/aromatic N) is 2. The summed E-state index contributed by atoms with van der Waals surface area (Å²) in [6, 6.07) is 25.6. The Hall–Kier alpha value is -4.54. The van der Waals surface area contributed by atoms with Gasteiger partial charge in [-0.3, -0.25) is 0 Å². The van der Waals surface area contributed by atoms with Crippen LogP contribution in [0, 0.1) is 35.5 Å². The van der Waals surface area contributed by atoms with Crippen molar-refractivity contribution in [3.05, 3.63) is 119 Å². The van der Waals surface area contributed by atoms with E-state index in [1.165, 1.54) is 127 Å². The summed E-state index contributed by atoms with van der Waals surface area (Å²) >= 11 is 0. The van der Waals surface area contributed by atoms with Gasteiger partial charge in [0.25, 0.3) is 0 Å². The molecule has 4 aromatic rings. The van der Waals surface area contributed by atoms with E-state index in [2.05, 4.69) is 110 Å². The Morgan fingerprint density at radius 2 is 0.820 bits per heavy atom. The minimum atomic E-state index is 0.732. The van der Waals surface area contributed by atoms with Crippen LogP contribution in [0.5, 0.6) is 11.5 Å². The molecule has 61 heavy (non-hydrogen) atoms. The van der Waals surface area contributed by atoms with Gasteiger partial charge in [0.1, 0.15) is 22.9 Å². The second-order valence-electron chi connectivity index (χ2n) is 17.7. The Bertz CT molecular complexity index is 1880. The summed E-state index contributed by atoms with van der Waals surface area (Å²) in [6.45, 7) is 10.4. The first kappa shape index (κ1) is 47.5. The number of pyridine rings is 2. The van der Waals surface area contributed by atoms with Crippen LogP contribution in [0.1, 0.15) is 208 Å². The van der Waals surface area contributed by atoms with Crippen LogP contribution in [-0.2, 0) is 0 Å². The molecule has 2 saturated carbocycles. The molecule has 326 valence electrons. The fraction of sp³-hybridized carbons (Fsp3) is 0.544. The SMILES string of the molecule is CCCCCC1CCC(c2ccc(C#Cc3ccc(OCCCC)cn3)cc2)CC1.CCCCCOc1ccc(C#Cc2ccc(C3CCC(CCCCC)CC3)cc2)nc1. The fourth-order valence-electron chi connectivity index (χ4n) is 8.84. The van der Waals surface area contributed by atoms with E-state index >= 15 is 0 Å². The number of rotatable bonds is 19. The summed E-state index contributed by atoms with van der Waals surface area (Å²) < 4.78 is 11.4. The van der Waals surface area contributed by atoms with E-state index in [-0.39, 0.29) is 0 Å². The molecule has 4 nitrogen and oxygen atoms in total. The highest BCUT2D eigenvalue weighted by Crippen LogP contribution is 2.39. The third-order valence-corrected chi connectivity index (χ3v) is 12.8. The van der Waals surface area contributed by atoms with Gasteiger partial charge in [-0.1, -0.05) is 134 Å². The molecule has 2 aliphatic carbocycles.